The van der Waals surface area contributed by atoms with E-state index < -0.39 is 10.0 Å². The number of amides is 1. The molecule has 0 spiro atoms. The van der Waals surface area contributed by atoms with Gasteiger partial charge in [-0.05, 0) is 49.4 Å². The van der Waals surface area contributed by atoms with E-state index in [1.165, 1.54) is 10.7 Å². The van der Waals surface area contributed by atoms with Gasteiger partial charge in [0.2, 0.25) is 15.9 Å². The van der Waals surface area contributed by atoms with E-state index >= 15 is 0 Å². The minimum absolute atomic E-state index is 0.0647. The minimum Gasteiger partial charge on any atom is -0.379 e. The van der Waals surface area contributed by atoms with Crippen LogP contribution in [0.15, 0.2) is 29.2 Å². The fraction of sp³-hybridized carbons (Fsp3) is 0.650. The summed E-state index contributed by atoms with van der Waals surface area (Å²) in [4.78, 5) is 15.1. The summed E-state index contributed by atoms with van der Waals surface area (Å²) in [6.45, 7) is 9.79. The molecule has 2 aliphatic rings. The summed E-state index contributed by atoms with van der Waals surface area (Å²) in [6, 6.07) is 6.19. The Morgan fingerprint density at radius 1 is 1.11 bits per heavy atom. The lowest BCUT2D eigenvalue weighted by Crippen LogP contribution is -2.48. The van der Waals surface area contributed by atoms with E-state index in [4.69, 9.17) is 4.74 Å². The Labute approximate surface area is 168 Å². The molecule has 0 saturated carbocycles. The van der Waals surface area contributed by atoms with Gasteiger partial charge in [-0.15, -0.1) is 0 Å². The van der Waals surface area contributed by atoms with Crippen LogP contribution in [0.4, 0.5) is 5.69 Å². The normalized spacial score (nSPS) is 26.0. The van der Waals surface area contributed by atoms with Crippen LogP contribution in [-0.4, -0.2) is 69.0 Å². The third-order valence-electron chi connectivity index (χ3n) is 5.55. The number of morpholine rings is 1. The molecule has 1 amide bonds. The predicted molar refractivity (Wildman–Crippen MR) is 109 cm³/mol. The Balaban J connectivity index is 1.62. The van der Waals surface area contributed by atoms with Crippen molar-refractivity contribution >= 4 is 21.6 Å². The zero-order valence-electron chi connectivity index (χ0n) is 16.9. The highest BCUT2D eigenvalue weighted by Crippen LogP contribution is 2.24. The van der Waals surface area contributed by atoms with Gasteiger partial charge < -0.3 is 10.1 Å². The maximum atomic E-state index is 12.7. The zero-order valence-corrected chi connectivity index (χ0v) is 17.7. The highest BCUT2D eigenvalue weighted by molar-refractivity contribution is 7.89. The molecule has 0 aliphatic carbocycles. The van der Waals surface area contributed by atoms with Crippen LogP contribution >= 0.6 is 0 Å². The summed E-state index contributed by atoms with van der Waals surface area (Å²) < 4.78 is 32.0. The van der Waals surface area contributed by atoms with Crippen molar-refractivity contribution in [2.24, 2.45) is 11.8 Å². The van der Waals surface area contributed by atoms with Crippen LogP contribution in [0.5, 0.6) is 0 Å². The van der Waals surface area contributed by atoms with Gasteiger partial charge in [-0.3, -0.25) is 9.69 Å². The molecule has 28 heavy (non-hydrogen) atoms. The average molecular weight is 410 g/mol. The molecule has 8 heteroatoms. The van der Waals surface area contributed by atoms with E-state index in [1.807, 2.05) is 6.92 Å². The first-order chi connectivity index (χ1) is 13.3. The number of sulfonamides is 1. The van der Waals surface area contributed by atoms with E-state index in [0.29, 0.717) is 43.8 Å². The Morgan fingerprint density at radius 3 is 2.25 bits per heavy atom. The van der Waals surface area contributed by atoms with Crippen molar-refractivity contribution in [3.8, 4) is 0 Å². The van der Waals surface area contributed by atoms with Crippen molar-refractivity contribution in [1.29, 1.82) is 0 Å². The fourth-order valence-corrected chi connectivity index (χ4v) is 5.49. The van der Waals surface area contributed by atoms with Crippen LogP contribution in [0.1, 0.15) is 27.2 Å². The Kier molecular flexibility index (Phi) is 6.75. The second-order valence-corrected chi connectivity index (χ2v) is 10.0. The highest BCUT2D eigenvalue weighted by Gasteiger charge is 2.29. The molecule has 1 aromatic rings. The summed E-state index contributed by atoms with van der Waals surface area (Å²) >= 11 is 0. The third-order valence-corrected chi connectivity index (χ3v) is 7.47. The zero-order chi connectivity index (χ0) is 20.3. The van der Waals surface area contributed by atoms with Gasteiger partial charge in [0.05, 0.1) is 24.2 Å². The number of carbonyl (C=O) groups excluding carboxylic acids is 1. The number of hydrogen-bond donors (Lipinski definition) is 1. The first kappa shape index (κ1) is 21.2. The molecule has 2 heterocycles. The van der Waals surface area contributed by atoms with Crippen LogP contribution in [0, 0.1) is 11.8 Å². The SMILES string of the molecule is C[C@H]1C[C@H](C)CN([C@@H](C)C(=O)Nc2ccc(S(=O)(=O)N3CCOCC3)cc2)C1. The number of anilines is 1. The molecule has 2 saturated heterocycles. The predicted octanol–water partition coefficient (Wildman–Crippen LogP) is 2.01. The van der Waals surface area contributed by atoms with Gasteiger partial charge >= 0.3 is 0 Å². The standard InChI is InChI=1S/C20H31N3O4S/c1-15-12-16(2)14-22(13-15)17(3)20(24)21-18-4-6-19(7-5-18)28(25,26)23-8-10-27-11-9-23/h4-7,15-17H,8-14H2,1-3H3,(H,21,24)/t15-,16-,17-/m0/s1. The molecule has 156 valence electrons. The van der Waals surface area contributed by atoms with Crippen LogP contribution in [0.3, 0.4) is 0 Å². The quantitative estimate of drug-likeness (QED) is 0.805. The number of nitrogens with one attached hydrogen (secondary N) is 1. The van der Waals surface area contributed by atoms with Gasteiger partial charge in [0, 0.05) is 31.9 Å². The number of hydrogen-bond acceptors (Lipinski definition) is 5. The first-order valence-corrected chi connectivity index (χ1v) is 11.4. The molecule has 2 aliphatic heterocycles. The number of piperidine rings is 1. The van der Waals surface area contributed by atoms with Crippen molar-refractivity contribution in [2.75, 3.05) is 44.7 Å². The molecule has 0 radical (unpaired) electrons. The summed E-state index contributed by atoms with van der Waals surface area (Å²) in [6.07, 6.45) is 1.20. The lowest BCUT2D eigenvalue weighted by molar-refractivity contribution is -0.121. The molecule has 0 bridgehead atoms. The Morgan fingerprint density at radius 2 is 1.68 bits per heavy atom. The van der Waals surface area contributed by atoms with Crippen LogP contribution in [-0.2, 0) is 19.6 Å². The van der Waals surface area contributed by atoms with Crippen molar-refractivity contribution in [3.63, 3.8) is 0 Å². The summed E-state index contributed by atoms with van der Waals surface area (Å²) in [5.74, 6) is 1.11. The maximum Gasteiger partial charge on any atom is 0.243 e. The van der Waals surface area contributed by atoms with Gasteiger partial charge in [-0.25, -0.2) is 8.42 Å². The fourth-order valence-electron chi connectivity index (χ4n) is 4.09. The number of carbonyl (C=O) groups is 1. The monoisotopic (exact) mass is 409 g/mol. The number of likely N-dealkylation sites (tertiary alicyclic amines) is 1. The maximum absolute atomic E-state index is 12.7. The second kappa shape index (κ2) is 8.90. The van der Waals surface area contributed by atoms with Gasteiger partial charge in [0.1, 0.15) is 0 Å². The van der Waals surface area contributed by atoms with Crippen LogP contribution in [0.2, 0.25) is 0 Å². The summed E-state index contributed by atoms with van der Waals surface area (Å²) in [5, 5.41) is 2.92. The number of nitrogens with zero attached hydrogens (tertiary/aromatic N) is 2. The molecule has 3 atom stereocenters. The highest BCUT2D eigenvalue weighted by atomic mass is 32.2. The van der Waals surface area contributed by atoms with Gasteiger partial charge in [-0.1, -0.05) is 13.8 Å². The Bertz CT molecular complexity index is 765. The summed E-state index contributed by atoms with van der Waals surface area (Å²) in [7, 11) is -3.52. The van der Waals surface area contributed by atoms with Crippen LogP contribution < -0.4 is 5.32 Å². The van der Waals surface area contributed by atoms with Gasteiger partial charge in [0.15, 0.2) is 0 Å². The van der Waals surface area contributed by atoms with Crippen molar-refractivity contribution in [2.45, 2.75) is 38.1 Å². The molecule has 2 fully saturated rings. The van der Waals surface area contributed by atoms with E-state index in [1.54, 1.807) is 24.3 Å². The lowest BCUT2D eigenvalue weighted by atomic mass is 9.91. The number of ether oxygens (including phenoxy) is 1. The average Bonchev–Trinajstić information content (AvgIpc) is 2.67. The molecule has 0 aromatic heterocycles. The smallest absolute Gasteiger partial charge is 0.243 e. The van der Waals surface area contributed by atoms with Crippen molar-refractivity contribution < 1.29 is 17.9 Å². The minimum atomic E-state index is -3.52. The van der Waals surface area contributed by atoms with Gasteiger partial charge in [0.25, 0.3) is 0 Å². The molecular formula is C20H31N3O4S. The molecular weight excluding hydrogens is 378 g/mol. The van der Waals surface area contributed by atoms with E-state index in [0.717, 1.165) is 13.1 Å². The Hall–Kier alpha value is -1.48. The van der Waals surface area contributed by atoms with E-state index in [9.17, 15) is 13.2 Å². The largest absolute Gasteiger partial charge is 0.379 e. The molecule has 0 unspecified atom stereocenters. The number of rotatable bonds is 5. The second-order valence-electron chi connectivity index (χ2n) is 8.11. The molecule has 7 nitrogen and oxygen atoms in total. The van der Waals surface area contributed by atoms with Gasteiger partial charge in [-0.2, -0.15) is 4.31 Å². The van der Waals surface area contributed by atoms with Crippen molar-refractivity contribution in [1.82, 2.24) is 9.21 Å². The van der Waals surface area contributed by atoms with E-state index in [-0.39, 0.29) is 16.8 Å². The molecule has 3 rings (SSSR count). The number of benzene rings is 1. The lowest BCUT2D eigenvalue weighted by Gasteiger charge is -2.38. The topological polar surface area (TPSA) is 79.0 Å². The third kappa shape index (κ3) is 4.92. The molecule has 1 aromatic carbocycles. The molecule has 1 N–H and O–H groups in total. The van der Waals surface area contributed by atoms with Crippen molar-refractivity contribution in [3.05, 3.63) is 24.3 Å². The van der Waals surface area contributed by atoms with E-state index in [2.05, 4.69) is 24.1 Å². The summed E-state index contributed by atoms with van der Waals surface area (Å²) in [5.41, 5.74) is 0.607. The first-order valence-electron chi connectivity index (χ1n) is 10.00. The van der Waals surface area contributed by atoms with Crippen LogP contribution in [0.25, 0.3) is 0 Å².